The third-order valence-electron chi connectivity index (χ3n) is 4.01. The zero-order valence-corrected chi connectivity index (χ0v) is 14.9. The van der Waals surface area contributed by atoms with Crippen LogP contribution in [-0.2, 0) is 0 Å². The fourth-order valence-electron chi connectivity index (χ4n) is 2.73. The first-order valence-corrected chi connectivity index (χ1v) is 8.69. The van der Waals surface area contributed by atoms with Crippen molar-refractivity contribution in [1.82, 2.24) is 9.97 Å². The lowest BCUT2D eigenvalue weighted by Gasteiger charge is -2.10. The van der Waals surface area contributed by atoms with Crippen molar-refractivity contribution in [2.24, 2.45) is 0 Å². The SMILES string of the molecule is O=C(Nc1ccc(Cl)cc1)c1cncc(Nc2cccc3cccnc23)c1. The van der Waals surface area contributed by atoms with Crippen molar-refractivity contribution < 1.29 is 4.79 Å². The number of fused-ring (bicyclic) bond motifs is 1. The van der Waals surface area contributed by atoms with Gasteiger partial charge in [0.05, 0.1) is 28.7 Å². The fourth-order valence-corrected chi connectivity index (χ4v) is 2.86. The van der Waals surface area contributed by atoms with Gasteiger partial charge in [0.2, 0.25) is 0 Å². The van der Waals surface area contributed by atoms with E-state index in [1.54, 1.807) is 42.7 Å². The Morgan fingerprint density at radius 1 is 0.926 bits per heavy atom. The van der Waals surface area contributed by atoms with Gasteiger partial charge in [-0.3, -0.25) is 14.8 Å². The van der Waals surface area contributed by atoms with Gasteiger partial charge in [0.15, 0.2) is 0 Å². The summed E-state index contributed by atoms with van der Waals surface area (Å²) in [6.45, 7) is 0. The van der Waals surface area contributed by atoms with Crippen molar-refractivity contribution >= 4 is 45.5 Å². The van der Waals surface area contributed by atoms with Gasteiger partial charge in [0, 0.05) is 28.5 Å². The molecule has 4 aromatic rings. The second-order valence-electron chi connectivity index (χ2n) is 5.93. The maximum Gasteiger partial charge on any atom is 0.257 e. The number of amides is 1. The van der Waals surface area contributed by atoms with Gasteiger partial charge in [0.25, 0.3) is 5.91 Å². The Kier molecular flexibility index (Phi) is 4.68. The highest BCUT2D eigenvalue weighted by atomic mass is 35.5. The first-order valence-electron chi connectivity index (χ1n) is 8.32. The average molecular weight is 375 g/mol. The lowest BCUT2D eigenvalue weighted by atomic mass is 10.2. The number of carbonyl (C=O) groups is 1. The van der Waals surface area contributed by atoms with Gasteiger partial charge in [-0.25, -0.2) is 0 Å². The highest BCUT2D eigenvalue weighted by molar-refractivity contribution is 6.30. The summed E-state index contributed by atoms with van der Waals surface area (Å²) in [6, 6.07) is 18.5. The molecule has 0 aliphatic heterocycles. The number of anilines is 3. The molecule has 4 rings (SSSR count). The Morgan fingerprint density at radius 3 is 2.59 bits per heavy atom. The molecule has 0 aliphatic carbocycles. The van der Waals surface area contributed by atoms with Crippen LogP contribution in [0.25, 0.3) is 10.9 Å². The van der Waals surface area contributed by atoms with Crippen molar-refractivity contribution in [3.05, 3.63) is 89.8 Å². The third kappa shape index (κ3) is 3.88. The minimum absolute atomic E-state index is 0.246. The van der Waals surface area contributed by atoms with Crippen molar-refractivity contribution in [1.29, 1.82) is 0 Å². The highest BCUT2D eigenvalue weighted by Crippen LogP contribution is 2.24. The summed E-state index contributed by atoms with van der Waals surface area (Å²) in [5.74, 6) is -0.246. The van der Waals surface area contributed by atoms with Gasteiger partial charge in [0.1, 0.15) is 0 Å². The van der Waals surface area contributed by atoms with Crippen LogP contribution in [0, 0.1) is 0 Å². The molecule has 5 nitrogen and oxygen atoms in total. The van der Waals surface area contributed by atoms with Crippen LogP contribution in [0.4, 0.5) is 17.1 Å². The summed E-state index contributed by atoms with van der Waals surface area (Å²) >= 11 is 5.87. The number of nitrogens with one attached hydrogen (secondary N) is 2. The molecule has 0 saturated heterocycles. The monoisotopic (exact) mass is 374 g/mol. The summed E-state index contributed by atoms with van der Waals surface area (Å²) in [6.07, 6.45) is 4.94. The molecule has 2 heterocycles. The van der Waals surface area contributed by atoms with Gasteiger partial charge in [-0.2, -0.15) is 0 Å². The maximum absolute atomic E-state index is 12.5. The topological polar surface area (TPSA) is 66.9 Å². The van der Waals surface area contributed by atoms with Gasteiger partial charge in [-0.1, -0.05) is 29.8 Å². The number of hydrogen-bond donors (Lipinski definition) is 2. The molecule has 2 N–H and O–H groups in total. The van der Waals surface area contributed by atoms with E-state index in [9.17, 15) is 4.79 Å². The van der Waals surface area contributed by atoms with Crippen LogP contribution in [0.15, 0.2) is 79.3 Å². The van der Waals surface area contributed by atoms with Crippen LogP contribution < -0.4 is 10.6 Å². The largest absolute Gasteiger partial charge is 0.352 e. The fraction of sp³-hybridized carbons (Fsp3) is 0. The Bertz CT molecular complexity index is 1110. The van der Waals surface area contributed by atoms with Crippen molar-refractivity contribution in [2.45, 2.75) is 0 Å². The van der Waals surface area contributed by atoms with Crippen molar-refractivity contribution in [3.63, 3.8) is 0 Å². The number of hydrogen-bond acceptors (Lipinski definition) is 4. The van der Waals surface area contributed by atoms with E-state index < -0.39 is 0 Å². The van der Waals surface area contributed by atoms with Crippen LogP contribution in [-0.4, -0.2) is 15.9 Å². The zero-order chi connectivity index (χ0) is 18.6. The van der Waals surface area contributed by atoms with Crippen molar-refractivity contribution in [3.8, 4) is 0 Å². The minimum Gasteiger partial charge on any atom is -0.352 e. The van der Waals surface area contributed by atoms with Gasteiger partial charge >= 0.3 is 0 Å². The molecule has 132 valence electrons. The summed E-state index contributed by atoms with van der Waals surface area (Å²) in [5, 5.41) is 7.77. The number of rotatable bonds is 4. The molecule has 0 atom stereocenters. The predicted octanol–water partition coefficient (Wildman–Crippen LogP) is 5.28. The number of carbonyl (C=O) groups excluding carboxylic acids is 1. The number of pyridine rings is 2. The molecule has 0 radical (unpaired) electrons. The molecule has 0 aliphatic rings. The molecule has 2 aromatic carbocycles. The summed E-state index contributed by atoms with van der Waals surface area (Å²) in [5.41, 5.74) is 3.53. The summed E-state index contributed by atoms with van der Waals surface area (Å²) in [7, 11) is 0. The van der Waals surface area contributed by atoms with Gasteiger partial charge in [-0.15, -0.1) is 0 Å². The maximum atomic E-state index is 12.5. The van der Waals surface area contributed by atoms with E-state index in [2.05, 4.69) is 20.6 Å². The molecule has 0 fully saturated rings. The molecular formula is C21H15ClN4O. The highest BCUT2D eigenvalue weighted by Gasteiger charge is 2.09. The van der Waals surface area contributed by atoms with Crippen molar-refractivity contribution in [2.75, 3.05) is 10.6 Å². The second kappa shape index (κ2) is 7.43. The number of benzene rings is 2. The van der Waals surface area contributed by atoms with E-state index >= 15 is 0 Å². The van der Waals surface area contributed by atoms with E-state index in [4.69, 9.17) is 11.6 Å². The smallest absolute Gasteiger partial charge is 0.257 e. The minimum atomic E-state index is -0.246. The second-order valence-corrected chi connectivity index (χ2v) is 6.37. The molecule has 2 aromatic heterocycles. The molecule has 6 heteroatoms. The number of nitrogens with zero attached hydrogens (tertiary/aromatic N) is 2. The quantitative estimate of drug-likeness (QED) is 0.510. The zero-order valence-electron chi connectivity index (χ0n) is 14.2. The van der Waals surface area contributed by atoms with Crippen LogP contribution in [0.5, 0.6) is 0 Å². The Morgan fingerprint density at radius 2 is 1.74 bits per heavy atom. The van der Waals surface area contributed by atoms with Crippen LogP contribution >= 0.6 is 11.6 Å². The summed E-state index contributed by atoms with van der Waals surface area (Å²) in [4.78, 5) is 21.1. The van der Waals surface area contributed by atoms with E-state index in [-0.39, 0.29) is 5.91 Å². The number of aromatic nitrogens is 2. The molecule has 0 unspecified atom stereocenters. The molecule has 27 heavy (non-hydrogen) atoms. The van der Waals surface area contributed by atoms with Crippen LogP contribution in [0.1, 0.15) is 10.4 Å². The first kappa shape index (κ1) is 17.0. The van der Waals surface area contributed by atoms with Gasteiger partial charge in [-0.05, 0) is 42.5 Å². The standard InChI is InChI=1S/C21H15ClN4O/c22-16-6-8-17(9-7-16)26-21(27)15-11-18(13-23-12-15)25-19-5-1-3-14-4-2-10-24-20(14)19/h1-13,25H,(H,26,27). The molecule has 1 amide bonds. The number of para-hydroxylation sites is 1. The van der Waals surface area contributed by atoms with Crippen LogP contribution in [0.2, 0.25) is 5.02 Å². The van der Waals surface area contributed by atoms with E-state index in [0.29, 0.717) is 22.0 Å². The summed E-state index contributed by atoms with van der Waals surface area (Å²) < 4.78 is 0. The third-order valence-corrected chi connectivity index (χ3v) is 4.27. The average Bonchev–Trinajstić information content (AvgIpc) is 2.70. The lowest BCUT2D eigenvalue weighted by molar-refractivity contribution is 0.102. The molecular weight excluding hydrogens is 360 g/mol. The lowest BCUT2D eigenvalue weighted by Crippen LogP contribution is -2.12. The Labute approximate surface area is 161 Å². The van der Waals surface area contributed by atoms with E-state index in [1.165, 1.54) is 6.20 Å². The molecule has 0 saturated carbocycles. The van der Waals surface area contributed by atoms with E-state index in [0.717, 1.165) is 16.6 Å². The predicted molar refractivity (Wildman–Crippen MR) is 109 cm³/mol. The Balaban J connectivity index is 1.57. The normalized spacial score (nSPS) is 10.6. The van der Waals surface area contributed by atoms with E-state index in [1.807, 2.05) is 30.3 Å². The van der Waals surface area contributed by atoms with Crippen LogP contribution in [0.3, 0.4) is 0 Å². The first-order chi connectivity index (χ1) is 13.2. The van der Waals surface area contributed by atoms with Gasteiger partial charge < -0.3 is 10.6 Å². The molecule has 0 bridgehead atoms. The number of halogens is 1. The Hall–Kier alpha value is -3.44. The molecule has 0 spiro atoms.